The summed E-state index contributed by atoms with van der Waals surface area (Å²) in [4.78, 5) is 23.0. The van der Waals surface area contributed by atoms with Crippen LogP contribution in [0.3, 0.4) is 0 Å². The zero-order chi connectivity index (χ0) is 23.8. The summed E-state index contributed by atoms with van der Waals surface area (Å²) in [6, 6.07) is 7.90. The number of amides is 1. The van der Waals surface area contributed by atoms with E-state index in [9.17, 15) is 22.2 Å². The van der Waals surface area contributed by atoms with E-state index < -0.39 is 33.7 Å². The SMILES string of the molecule is O=C(c1ncc(Cl)cc1NS(=O)c1ccc(Cl)c(C(F)(F)F)c1)N1CCCc2cccnc21. The molecule has 1 N–H and O–H groups in total. The van der Waals surface area contributed by atoms with Crippen LogP contribution in [-0.2, 0) is 23.6 Å². The summed E-state index contributed by atoms with van der Waals surface area (Å²) in [6.07, 6.45) is -0.389. The normalized spacial score (nSPS) is 14.5. The molecule has 0 fully saturated rings. The number of fused-ring (bicyclic) bond motifs is 1. The number of carbonyl (C=O) groups is 1. The van der Waals surface area contributed by atoms with Gasteiger partial charge in [-0.2, -0.15) is 13.2 Å². The summed E-state index contributed by atoms with van der Waals surface area (Å²) in [7, 11) is -2.17. The largest absolute Gasteiger partial charge is 0.417 e. The molecule has 0 saturated carbocycles. The molecule has 0 aliphatic carbocycles. The molecule has 1 atom stereocenters. The van der Waals surface area contributed by atoms with Crippen LogP contribution < -0.4 is 9.62 Å². The van der Waals surface area contributed by atoms with Gasteiger partial charge in [-0.1, -0.05) is 29.3 Å². The smallest absolute Gasteiger partial charge is 0.299 e. The number of rotatable bonds is 4. The first kappa shape index (κ1) is 23.5. The maximum atomic E-state index is 13.3. The van der Waals surface area contributed by atoms with Gasteiger partial charge in [0.1, 0.15) is 16.8 Å². The number of anilines is 2. The Morgan fingerprint density at radius 2 is 1.94 bits per heavy atom. The maximum absolute atomic E-state index is 13.3. The molecule has 1 aromatic carbocycles. The van der Waals surface area contributed by atoms with Crippen molar-refractivity contribution in [3.8, 4) is 0 Å². The zero-order valence-corrected chi connectivity index (χ0v) is 19.0. The molecule has 1 aliphatic rings. The Morgan fingerprint density at radius 1 is 1.15 bits per heavy atom. The van der Waals surface area contributed by atoms with Crippen LogP contribution >= 0.6 is 23.2 Å². The third kappa shape index (κ3) is 4.97. The lowest BCUT2D eigenvalue weighted by Crippen LogP contribution is -2.37. The van der Waals surface area contributed by atoms with Gasteiger partial charge in [-0.25, -0.2) is 14.2 Å². The van der Waals surface area contributed by atoms with Crippen LogP contribution in [0.1, 0.15) is 28.0 Å². The van der Waals surface area contributed by atoms with E-state index in [1.54, 1.807) is 12.3 Å². The first-order valence-electron chi connectivity index (χ1n) is 9.61. The number of carbonyl (C=O) groups excluding carboxylic acids is 1. The quantitative estimate of drug-likeness (QED) is 0.496. The topological polar surface area (TPSA) is 75.2 Å². The van der Waals surface area contributed by atoms with Gasteiger partial charge in [0.2, 0.25) is 0 Å². The number of nitrogens with zero attached hydrogens (tertiary/aromatic N) is 3. The predicted molar refractivity (Wildman–Crippen MR) is 120 cm³/mol. The lowest BCUT2D eigenvalue weighted by Gasteiger charge is -2.28. The third-order valence-electron chi connectivity index (χ3n) is 4.91. The number of halogens is 5. The van der Waals surface area contributed by atoms with Crippen LogP contribution in [0, 0.1) is 0 Å². The van der Waals surface area contributed by atoms with Gasteiger partial charge in [0.05, 0.1) is 26.2 Å². The molecule has 33 heavy (non-hydrogen) atoms. The number of hydrogen-bond acceptors (Lipinski definition) is 4. The van der Waals surface area contributed by atoms with Crippen LogP contribution in [0.25, 0.3) is 0 Å². The van der Waals surface area contributed by atoms with E-state index in [2.05, 4.69) is 14.7 Å². The Labute approximate surface area is 199 Å². The molecule has 6 nitrogen and oxygen atoms in total. The molecule has 1 unspecified atom stereocenters. The minimum atomic E-state index is -4.72. The number of pyridine rings is 2. The second-order valence-corrected chi connectivity index (χ2v) is 9.16. The van der Waals surface area contributed by atoms with E-state index >= 15 is 0 Å². The Hall–Kier alpha value is -2.69. The molecule has 0 bridgehead atoms. The van der Waals surface area contributed by atoms with Crippen molar-refractivity contribution in [3.63, 3.8) is 0 Å². The first-order chi connectivity index (χ1) is 15.6. The van der Waals surface area contributed by atoms with E-state index in [0.717, 1.165) is 24.5 Å². The third-order valence-corrected chi connectivity index (χ3v) is 6.54. The van der Waals surface area contributed by atoms with Crippen LogP contribution in [0.15, 0.2) is 53.7 Å². The average Bonchev–Trinajstić information content (AvgIpc) is 2.78. The first-order valence-corrected chi connectivity index (χ1v) is 11.5. The Kier molecular flexibility index (Phi) is 6.60. The second kappa shape index (κ2) is 9.28. The van der Waals surface area contributed by atoms with Crippen molar-refractivity contribution in [1.82, 2.24) is 9.97 Å². The van der Waals surface area contributed by atoms with E-state index in [-0.39, 0.29) is 21.3 Å². The molecule has 1 aliphatic heterocycles. The minimum absolute atomic E-state index is 0.0115. The predicted octanol–water partition coefficient (Wildman–Crippen LogP) is 5.53. The van der Waals surface area contributed by atoms with Crippen molar-refractivity contribution in [2.24, 2.45) is 0 Å². The van der Waals surface area contributed by atoms with Gasteiger partial charge < -0.3 is 0 Å². The van der Waals surface area contributed by atoms with Crippen LogP contribution in [-0.4, -0.2) is 26.6 Å². The van der Waals surface area contributed by atoms with Gasteiger partial charge in [-0.15, -0.1) is 0 Å². The Balaban J connectivity index is 1.66. The van der Waals surface area contributed by atoms with E-state index in [1.807, 2.05) is 6.07 Å². The number of aromatic nitrogens is 2. The molecule has 3 heterocycles. The lowest BCUT2D eigenvalue weighted by atomic mass is 10.1. The highest BCUT2D eigenvalue weighted by atomic mass is 35.5. The highest BCUT2D eigenvalue weighted by molar-refractivity contribution is 7.86. The molecule has 0 radical (unpaired) electrons. The fourth-order valence-electron chi connectivity index (χ4n) is 3.41. The number of alkyl halides is 3. The molecule has 0 spiro atoms. The number of benzene rings is 1. The molecule has 3 aromatic rings. The van der Waals surface area contributed by atoms with E-state index in [4.69, 9.17) is 23.2 Å². The number of aryl methyl sites for hydroxylation is 1. The van der Waals surface area contributed by atoms with Gasteiger partial charge in [0.25, 0.3) is 5.91 Å². The zero-order valence-electron chi connectivity index (χ0n) is 16.7. The summed E-state index contributed by atoms with van der Waals surface area (Å²) >= 11 is 11.7. The van der Waals surface area contributed by atoms with E-state index in [1.165, 1.54) is 23.2 Å². The average molecular weight is 515 g/mol. The molecule has 1 amide bonds. The second-order valence-electron chi connectivity index (χ2n) is 7.11. The molecule has 4 rings (SSSR count). The molecular weight excluding hydrogens is 500 g/mol. The van der Waals surface area contributed by atoms with Crippen molar-refractivity contribution in [2.75, 3.05) is 16.2 Å². The highest BCUT2D eigenvalue weighted by Crippen LogP contribution is 2.36. The minimum Gasteiger partial charge on any atom is -0.299 e. The lowest BCUT2D eigenvalue weighted by molar-refractivity contribution is -0.137. The fraction of sp³-hybridized carbons (Fsp3) is 0.190. The summed E-state index contributed by atoms with van der Waals surface area (Å²) in [5, 5.41) is -0.366. The molecule has 0 saturated heterocycles. The van der Waals surface area contributed by atoms with Crippen molar-refractivity contribution in [1.29, 1.82) is 0 Å². The molecule has 172 valence electrons. The number of nitrogens with one attached hydrogen (secondary N) is 1. The van der Waals surface area contributed by atoms with E-state index in [0.29, 0.717) is 18.4 Å². The Morgan fingerprint density at radius 3 is 2.70 bits per heavy atom. The van der Waals surface area contributed by atoms with Crippen molar-refractivity contribution < 1.29 is 22.2 Å². The van der Waals surface area contributed by atoms with Gasteiger partial charge in [-0.05, 0) is 48.7 Å². The monoisotopic (exact) mass is 514 g/mol. The van der Waals surface area contributed by atoms with Crippen LogP contribution in [0.2, 0.25) is 10.0 Å². The number of hydrogen-bond donors (Lipinski definition) is 1. The van der Waals surface area contributed by atoms with Crippen molar-refractivity contribution in [3.05, 3.63) is 75.7 Å². The van der Waals surface area contributed by atoms with Gasteiger partial charge in [-0.3, -0.25) is 14.4 Å². The van der Waals surface area contributed by atoms with Gasteiger partial charge in [0, 0.05) is 18.9 Å². The fourth-order valence-corrected chi connectivity index (χ4v) is 4.68. The highest BCUT2D eigenvalue weighted by Gasteiger charge is 2.34. The van der Waals surface area contributed by atoms with Crippen molar-refractivity contribution in [2.45, 2.75) is 23.9 Å². The molecular formula is C21H15Cl2F3N4O2S. The van der Waals surface area contributed by atoms with Crippen molar-refractivity contribution >= 4 is 51.6 Å². The molecule has 12 heteroatoms. The maximum Gasteiger partial charge on any atom is 0.417 e. The van der Waals surface area contributed by atoms with Gasteiger partial charge >= 0.3 is 6.18 Å². The summed E-state index contributed by atoms with van der Waals surface area (Å²) in [5.74, 6) is 0.00277. The molecule has 2 aromatic heterocycles. The van der Waals surface area contributed by atoms with Gasteiger partial charge in [0.15, 0.2) is 5.69 Å². The standard InChI is InChI=1S/C21H15Cl2F3N4O2S/c22-13-9-17(29-33(32)14-5-6-16(23)15(10-14)21(24,25)26)18(28-11-13)20(31)30-8-2-4-12-3-1-7-27-19(12)30/h1,3,5-7,9-11,29H,2,4,8H2. The van der Waals surface area contributed by atoms with Crippen LogP contribution in [0.5, 0.6) is 0 Å². The summed E-state index contributed by atoms with van der Waals surface area (Å²) < 4.78 is 54.9. The Bertz CT molecular complexity index is 1260. The van der Waals surface area contributed by atoms with Crippen LogP contribution in [0.4, 0.5) is 24.7 Å². The summed E-state index contributed by atoms with van der Waals surface area (Å²) in [5.41, 5.74) is -0.285. The summed E-state index contributed by atoms with van der Waals surface area (Å²) in [6.45, 7) is 0.405.